The first-order chi connectivity index (χ1) is 16.7. The van der Waals surface area contributed by atoms with Gasteiger partial charge in [0.2, 0.25) is 0 Å². The number of nitrogens with zero attached hydrogens (tertiary/aromatic N) is 2. The summed E-state index contributed by atoms with van der Waals surface area (Å²) in [6.07, 6.45) is 9.48. The summed E-state index contributed by atoms with van der Waals surface area (Å²) in [6, 6.07) is 0. The molecular formula is C27H40N2O6. The first-order valence-corrected chi connectivity index (χ1v) is 13.6. The Morgan fingerprint density at radius 2 is 1.83 bits per heavy atom. The molecule has 0 amide bonds. The second kappa shape index (κ2) is 8.27. The van der Waals surface area contributed by atoms with E-state index in [1.807, 2.05) is 11.2 Å². The zero-order chi connectivity index (χ0) is 24.5. The number of esters is 1. The van der Waals surface area contributed by atoms with Crippen molar-refractivity contribution >= 4 is 12.2 Å². The predicted octanol–water partition coefficient (Wildman–Crippen LogP) is 2.02. The highest BCUT2D eigenvalue weighted by Gasteiger charge is 2.71. The van der Waals surface area contributed by atoms with E-state index >= 15 is 0 Å². The summed E-state index contributed by atoms with van der Waals surface area (Å²) in [5.41, 5.74) is -1.72. The molecule has 1 saturated heterocycles. The molecule has 8 nitrogen and oxygen atoms in total. The third kappa shape index (κ3) is 3.39. The maximum absolute atomic E-state index is 12.5. The van der Waals surface area contributed by atoms with Crippen LogP contribution in [-0.4, -0.2) is 82.7 Å². The first-order valence-electron chi connectivity index (χ1n) is 13.6. The Kier molecular flexibility index (Phi) is 5.64. The van der Waals surface area contributed by atoms with Crippen LogP contribution in [0.1, 0.15) is 64.7 Å². The van der Waals surface area contributed by atoms with Gasteiger partial charge in [0, 0.05) is 29.5 Å². The van der Waals surface area contributed by atoms with Crippen LogP contribution in [0.4, 0.5) is 0 Å². The molecule has 2 heterocycles. The van der Waals surface area contributed by atoms with E-state index in [4.69, 9.17) is 14.6 Å². The van der Waals surface area contributed by atoms with Crippen LogP contribution in [0.3, 0.4) is 0 Å². The zero-order valence-electron chi connectivity index (χ0n) is 20.8. The lowest BCUT2D eigenvalue weighted by molar-refractivity contribution is -0.237. The maximum atomic E-state index is 12.5. The van der Waals surface area contributed by atoms with Crippen LogP contribution >= 0.6 is 0 Å². The van der Waals surface area contributed by atoms with E-state index in [1.54, 1.807) is 6.08 Å². The molecule has 8 heteroatoms. The van der Waals surface area contributed by atoms with Crippen molar-refractivity contribution < 1.29 is 29.6 Å². The molecule has 6 aliphatic rings. The lowest BCUT2D eigenvalue weighted by Crippen LogP contribution is -2.69. The Labute approximate surface area is 207 Å². The molecule has 0 aromatic carbocycles. The molecule has 0 radical (unpaired) electrons. The molecule has 0 bridgehead atoms. The monoisotopic (exact) mass is 488 g/mol. The topological polar surface area (TPSA) is 112 Å². The normalized spacial score (nSPS) is 49.9. The van der Waals surface area contributed by atoms with Gasteiger partial charge in [-0.25, -0.2) is 4.79 Å². The van der Waals surface area contributed by atoms with Crippen molar-refractivity contribution in [2.45, 2.75) is 82.0 Å². The average molecular weight is 489 g/mol. The summed E-state index contributed by atoms with van der Waals surface area (Å²) in [6.45, 7) is 5.34. The van der Waals surface area contributed by atoms with Gasteiger partial charge in [0.15, 0.2) is 0 Å². The number of morpholine rings is 1. The number of rotatable bonds is 3. The third-order valence-corrected chi connectivity index (χ3v) is 11.1. The smallest absolute Gasteiger partial charge is 0.331 e. The summed E-state index contributed by atoms with van der Waals surface area (Å²) >= 11 is 0. The highest BCUT2D eigenvalue weighted by molar-refractivity contribution is 5.85. The molecule has 8 unspecified atom stereocenters. The molecule has 194 valence electrons. The molecule has 0 spiro atoms. The fourth-order valence-corrected chi connectivity index (χ4v) is 9.21. The molecule has 3 N–H and O–H groups in total. The highest BCUT2D eigenvalue weighted by Crippen LogP contribution is 2.70. The van der Waals surface area contributed by atoms with E-state index < -0.39 is 22.7 Å². The molecule has 35 heavy (non-hydrogen) atoms. The second-order valence-electron chi connectivity index (χ2n) is 12.3. The van der Waals surface area contributed by atoms with E-state index in [0.717, 1.165) is 44.3 Å². The van der Waals surface area contributed by atoms with E-state index in [0.29, 0.717) is 51.9 Å². The van der Waals surface area contributed by atoms with E-state index in [1.165, 1.54) is 0 Å². The molecular weight excluding hydrogens is 448 g/mol. The van der Waals surface area contributed by atoms with Crippen molar-refractivity contribution in [3.8, 4) is 0 Å². The molecule has 6 rings (SSSR count). The Bertz CT molecular complexity index is 933. The minimum absolute atomic E-state index is 0.0523. The Hall–Kier alpha value is -1.48. The predicted molar refractivity (Wildman–Crippen MR) is 128 cm³/mol. The standard InChI is InChI=1S/C27H40N2O6/c1-24-6-3-21-22(27(24,33)9-5-20(24)18-14-23(31)35-16-18)4-8-26(32)15-19(30)2-7-25(21,26)17-28-29-10-12-34-13-11-29/h14,17,19-22,30,32-33H,2-13,15-16H2,1H3. The van der Waals surface area contributed by atoms with Gasteiger partial charge >= 0.3 is 5.97 Å². The van der Waals surface area contributed by atoms with Crippen molar-refractivity contribution in [3.05, 3.63) is 11.6 Å². The molecule has 5 fully saturated rings. The number of cyclic esters (lactones) is 1. The number of hydrogen-bond acceptors (Lipinski definition) is 8. The van der Waals surface area contributed by atoms with Crippen LogP contribution in [0, 0.1) is 28.6 Å². The van der Waals surface area contributed by atoms with Gasteiger partial charge in [-0.3, -0.25) is 5.01 Å². The van der Waals surface area contributed by atoms with Crippen molar-refractivity contribution in [3.63, 3.8) is 0 Å². The summed E-state index contributed by atoms with van der Waals surface area (Å²) in [5, 5.41) is 42.0. The molecule has 0 aromatic heterocycles. The summed E-state index contributed by atoms with van der Waals surface area (Å²) in [4.78, 5) is 11.8. The van der Waals surface area contributed by atoms with Gasteiger partial charge in [-0.05, 0) is 74.7 Å². The van der Waals surface area contributed by atoms with Gasteiger partial charge in [-0.1, -0.05) is 6.92 Å². The molecule has 4 aliphatic carbocycles. The number of fused-ring (bicyclic) bond motifs is 5. The van der Waals surface area contributed by atoms with Gasteiger partial charge in [-0.15, -0.1) is 0 Å². The van der Waals surface area contributed by atoms with Gasteiger partial charge in [0.05, 0.1) is 43.6 Å². The average Bonchev–Trinajstić information content (AvgIpc) is 3.38. The summed E-state index contributed by atoms with van der Waals surface area (Å²) in [7, 11) is 0. The summed E-state index contributed by atoms with van der Waals surface area (Å²) < 4.78 is 10.7. The molecule has 0 aromatic rings. The fourth-order valence-electron chi connectivity index (χ4n) is 9.21. The summed E-state index contributed by atoms with van der Waals surface area (Å²) in [5.74, 6) is 0.0312. The van der Waals surface area contributed by atoms with Crippen LogP contribution in [0.5, 0.6) is 0 Å². The van der Waals surface area contributed by atoms with Crippen molar-refractivity contribution in [1.82, 2.24) is 5.01 Å². The number of ether oxygens (including phenoxy) is 2. The Morgan fingerprint density at radius 3 is 2.57 bits per heavy atom. The SMILES string of the molecule is CC12CCC3C(CCC4(O)CC(O)CCC34C=NN3CCOCC3)C1(O)CCC2C1=CC(=O)OC1. The molecule has 2 aliphatic heterocycles. The molecule has 4 saturated carbocycles. The van der Waals surface area contributed by atoms with E-state index in [2.05, 4.69) is 6.92 Å². The Morgan fingerprint density at radius 1 is 1.06 bits per heavy atom. The fraction of sp³-hybridized carbons (Fsp3) is 0.852. The van der Waals surface area contributed by atoms with Crippen LogP contribution < -0.4 is 0 Å². The third-order valence-electron chi connectivity index (χ3n) is 11.1. The number of aliphatic hydroxyl groups excluding tert-OH is 1. The van der Waals surface area contributed by atoms with Crippen LogP contribution in [-0.2, 0) is 14.3 Å². The van der Waals surface area contributed by atoms with Crippen LogP contribution in [0.25, 0.3) is 0 Å². The number of carbonyl (C=O) groups is 1. The van der Waals surface area contributed by atoms with E-state index in [9.17, 15) is 20.1 Å². The Balaban J connectivity index is 1.36. The second-order valence-corrected chi connectivity index (χ2v) is 12.3. The lowest BCUT2D eigenvalue weighted by atomic mass is 9.41. The minimum Gasteiger partial charge on any atom is -0.458 e. The van der Waals surface area contributed by atoms with Crippen molar-refractivity contribution in [2.75, 3.05) is 32.9 Å². The zero-order valence-corrected chi connectivity index (χ0v) is 20.8. The van der Waals surface area contributed by atoms with E-state index in [-0.39, 0.29) is 29.1 Å². The lowest BCUT2D eigenvalue weighted by Gasteiger charge is -2.65. The van der Waals surface area contributed by atoms with Crippen molar-refractivity contribution in [1.29, 1.82) is 0 Å². The molecule has 8 atom stereocenters. The number of hydrogen-bond donors (Lipinski definition) is 3. The maximum Gasteiger partial charge on any atom is 0.331 e. The van der Waals surface area contributed by atoms with Gasteiger partial charge in [0.1, 0.15) is 6.61 Å². The minimum atomic E-state index is -1.02. The van der Waals surface area contributed by atoms with Crippen LogP contribution in [0.2, 0.25) is 0 Å². The number of carbonyl (C=O) groups excluding carboxylic acids is 1. The highest BCUT2D eigenvalue weighted by atomic mass is 16.5. The van der Waals surface area contributed by atoms with Crippen LogP contribution in [0.15, 0.2) is 16.8 Å². The van der Waals surface area contributed by atoms with Gasteiger partial charge < -0.3 is 24.8 Å². The quantitative estimate of drug-likeness (QED) is 0.412. The first kappa shape index (κ1) is 23.9. The van der Waals surface area contributed by atoms with Crippen molar-refractivity contribution in [2.24, 2.45) is 33.7 Å². The number of aliphatic hydroxyl groups is 3. The number of hydrazone groups is 1. The van der Waals surface area contributed by atoms with Gasteiger partial charge in [0.25, 0.3) is 0 Å². The largest absolute Gasteiger partial charge is 0.458 e. The van der Waals surface area contributed by atoms with Gasteiger partial charge in [-0.2, -0.15) is 5.10 Å².